The lowest BCUT2D eigenvalue weighted by atomic mass is 10.1. The van der Waals surface area contributed by atoms with Gasteiger partial charge in [-0.25, -0.2) is 0 Å². The summed E-state index contributed by atoms with van der Waals surface area (Å²) in [5.74, 6) is -0.861. The van der Waals surface area contributed by atoms with Crippen LogP contribution in [0.1, 0.15) is 5.56 Å². The molecule has 0 radical (unpaired) electrons. The lowest BCUT2D eigenvalue weighted by Gasteiger charge is -2.01. The largest absolute Gasteiger partial charge is 0.481 e. The topological polar surface area (TPSA) is 66.0 Å². The van der Waals surface area contributed by atoms with Crippen molar-refractivity contribution in [3.8, 4) is 11.3 Å². The van der Waals surface area contributed by atoms with Crippen molar-refractivity contribution in [2.45, 2.75) is 6.42 Å². The summed E-state index contributed by atoms with van der Waals surface area (Å²) in [6, 6.07) is 7.62. The molecule has 16 heavy (non-hydrogen) atoms. The van der Waals surface area contributed by atoms with Crippen LogP contribution in [0.4, 0.5) is 0 Å². The number of H-pyrrole nitrogens is 1. The standard InChI is InChI=1S/C11H9BrN2O2/c12-9-3-1-7(2-4-9)11-8(5-10(15)16)6-13-14-11/h1-4,6H,5H2,(H,13,14)(H,15,16). The third-order valence-electron chi connectivity index (χ3n) is 2.19. The van der Waals surface area contributed by atoms with E-state index in [4.69, 9.17) is 5.11 Å². The third-order valence-corrected chi connectivity index (χ3v) is 2.72. The van der Waals surface area contributed by atoms with Crippen LogP contribution in [0.3, 0.4) is 0 Å². The quantitative estimate of drug-likeness (QED) is 0.908. The predicted molar refractivity (Wildman–Crippen MR) is 63.1 cm³/mol. The summed E-state index contributed by atoms with van der Waals surface area (Å²) in [6.45, 7) is 0. The first-order chi connectivity index (χ1) is 7.66. The van der Waals surface area contributed by atoms with Crippen molar-refractivity contribution in [2.75, 3.05) is 0 Å². The number of halogens is 1. The third kappa shape index (κ3) is 2.30. The fourth-order valence-corrected chi connectivity index (χ4v) is 1.74. The zero-order valence-corrected chi connectivity index (χ0v) is 9.86. The minimum atomic E-state index is -0.861. The molecular formula is C11H9BrN2O2. The summed E-state index contributed by atoms with van der Waals surface area (Å²) in [4.78, 5) is 10.7. The Balaban J connectivity index is 2.36. The normalized spacial score (nSPS) is 10.3. The number of nitrogens with one attached hydrogen (secondary N) is 1. The fraction of sp³-hybridized carbons (Fsp3) is 0.0909. The highest BCUT2D eigenvalue weighted by Crippen LogP contribution is 2.23. The highest BCUT2D eigenvalue weighted by Gasteiger charge is 2.10. The molecule has 5 heteroatoms. The molecule has 1 aromatic heterocycles. The Morgan fingerprint density at radius 2 is 2.06 bits per heavy atom. The minimum Gasteiger partial charge on any atom is -0.481 e. The molecule has 2 aromatic rings. The number of aromatic amines is 1. The lowest BCUT2D eigenvalue weighted by Crippen LogP contribution is -2.00. The molecular weight excluding hydrogens is 272 g/mol. The van der Waals surface area contributed by atoms with E-state index in [1.165, 1.54) is 0 Å². The van der Waals surface area contributed by atoms with Gasteiger partial charge < -0.3 is 5.11 Å². The second kappa shape index (κ2) is 4.49. The predicted octanol–water partition coefficient (Wildman–Crippen LogP) is 2.47. The lowest BCUT2D eigenvalue weighted by molar-refractivity contribution is -0.136. The molecule has 0 spiro atoms. The first-order valence-electron chi connectivity index (χ1n) is 4.67. The molecule has 0 fully saturated rings. The van der Waals surface area contributed by atoms with Gasteiger partial charge in [-0.05, 0) is 17.7 Å². The van der Waals surface area contributed by atoms with Gasteiger partial charge in [0.15, 0.2) is 0 Å². The summed E-state index contributed by atoms with van der Waals surface area (Å²) in [5, 5.41) is 15.4. The van der Waals surface area contributed by atoms with Crippen molar-refractivity contribution >= 4 is 21.9 Å². The Morgan fingerprint density at radius 3 is 2.69 bits per heavy atom. The second-order valence-electron chi connectivity index (χ2n) is 3.35. The second-order valence-corrected chi connectivity index (χ2v) is 4.26. The van der Waals surface area contributed by atoms with Crippen LogP contribution in [0.15, 0.2) is 34.9 Å². The number of hydrogen-bond donors (Lipinski definition) is 2. The van der Waals surface area contributed by atoms with Crippen LogP contribution in [-0.4, -0.2) is 21.3 Å². The average molecular weight is 281 g/mol. The molecule has 0 saturated carbocycles. The van der Waals surface area contributed by atoms with Gasteiger partial charge in [-0.1, -0.05) is 28.1 Å². The van der Waals surface area contributed by atoms with Crippen molar-refractivity contribution in [2.24, 2.45) is 0 Å². The molecule has 0 aliphatic heterocycles. The van der Waals surface area contributed by atoms with E-state index in [1.54, 1.807) is 6.20 Å². The van der Waals surface area contributed by atoms with E-state index in [0.717, 1.165) is 15.7 Å². The van der Waals surface area contributed by atoms with Crippen molar-refractivity contribution in [3.05, 3.63) is 40.5 Å². The molecule has 82 valence electrons. The van der Waals surface area contributed by atoms with Gasteiger partial charge in [0.1, 0.15) is 0 Å². The molecule has 1 aromatic carbocycles. The van der Waals surface area contributed by atoms with E-state index in [1.807, 2.05) is 24.3 Å². The maximum Gasteiger partial charge on any atom is 0.307 e. The van der Waals surface area contributed by atoms with Crippen LogP contribution in [0.5, 0.6) is 0 Å². The Labute approximate surface area is 100 Å². The molecule has 0 aliphatic carbocycles. The SMILES string of the molecule is O=C(O)Cc1cn[nH]c1-c1ccc(Br)cc1. The van der Waals surface area contributed by atoms with E-state index < -0.39 is 5.97 Å². The number of aliphatic carboxylic acids is 1. The van der Waals surface area contributed by atoms with Gasteiger partial charge in [0, 0.05) is 10.0 Å². The molecule has 4 nitrogen and oxygen atoms in total. The Morgan fingerprint density at radius 1 is 1.38 bits per heavy atom. The van der Waals surface area contributed by atoms with Crippen LogP contribution in [0.2, 0.25) is 0 Å². The molecule has 0 saturated heterocycles. The van der Waals surface area contributed by atoms with Gasteiger partial charge >= 0.3 is 5.97 Å². The van der Waals surface area contributed by atoms with Crippen LogP contribution in [0, 0.1) is 0 Å². The summed E-state index contributed by atoms with van der Waals surface area (Å²) in [5.41, 5.74) is 2.38. The number of aromatic nitrogens is 2. The summed E-state index contributed by atoms with van der Waals surface area (Å²) >= 11 is 3.35. The van der Waals surface area contributed by atoms with E-state index >= 15 is 0 Å². The summed E-state index contributed by atoms with van der Waals surface area (Å²) < 4.78 is 0.982. The molecule has 2 N–H and O–H groups in total. The molecule has 0 unspecified atom stereocenters. The van der Waals surface area contributed by atoms with Crippen LogP contribution >= 0.6 is 15.9 Å². The average Bonchev–Trinajstić information content (AvgIpc) is 2.66. The molecule has 0 amide bonds. The molecule has 0 atom stereocenters. The zero-order chi connectivity index (χ0) is 11.5. The van der Waals surface area contributed by atoms with Gasteiger partial charge in [0.05, 0.1) is 18.3 Å². The highest BCUT2D eigenvalue weighted by atomic mass is 79.9. The maximum atomic E-state index is 10.7. The number of carboxylic acids is 1. The maximum absolute atomic E-state index is 10.7. The Bertz CT molecular complexity index is 505. The molecule has 0 aliphatic rings. The summed E-state index contributed by atoms with van der Waals surface area (Å²) in [7, 11) is 0. The number of hydrogen-bond acceptors (Lipinski definition) is 2. The molecule has 2 rings (SSSR count). The number of carbonyl (C=O) groups is 1. The number of nitrogens with zero attached hydrogens (tertiary/aromatic N) is 1. The van der Waals surface area contributed by atoms with Crippen molar-refractivity contribution in [1.82, 2.24) is 10.2 Å². The smallest absolute Gasteiger partial charge is 0.307 e. The monoisotopic (exact) mass is 280 g/mol. The van der Waals surface area contributed by atoms with Gasteiger partial charge in [-0.3, -0.25) is 9.89 Å². The van der Waals surface area contributed by atoms with Crippen molar-refractivity contribution < 1.29 is 9.90 Å². The van der Waals surface area contributed by atoms with Gasteiger partial charge in [-0.15, -0.1) is 0 Å². The minimum absolute atomic E-state index is 0.0259. The van der Waals surface area contributed by atoms with Crippen molar-refractivity contribution in [3.63, 3.8) is 0 Å². The van der Waals surface area contributed by atoms with E-state index in [2.05, 4.69) is 26.1 Å². The molecule has 0 bridgehead atoms. The number of rotatable bonds is 3. The Hall–Kier alpha value is -1.62. The first-order valence-corrected chi connectivity index (χ1v) is 5.46. The zero-order valence-electron chi connectivity index (χ0n) is 8.27. The first kappa shape index (κ1) is 10.9. The van der Waals surface area contributed by atoms with Gasteiger partial charge in [0.2, 0.25) is 0 Å². The van der Waals surface area contributed by atoms with Gasteiger partial charge in [0.25, 0.3) is 0 Å². The number of carboxylic acid groups (broad SMARTS) is 1. The fourth-order valence-electron chi connectivity index (χ4n) is 1.47. The summed E-state index contributed by atoms with van der Waals surface area (Å²) in [6.07, 6.45) is 1.52. The van der Waals surface area contributed by atoms with Gasteiger partial charge in [-0.2, -0.15) is 5.10 Å². The van der Waals surface area contributed by atoms with E-state index in [-0.39, 0.29) is 6.42 Å². The van der Waals surface area contributed by atoms with E-state index in [0.29, 0.717) is 5.56 Å². The van der Waals surface area contributed by atoms with Crippen LogP contribution in [-0.2, 0) is 11.2 Å². The number of benzene rings is 1. The van der Waals surface area contributed by atoms with Crippen molar-refractivity contribution in [1.29, 1.82) is 0 Å². The van der Waals surface area contributed by atoms with Crippen LogP contribution < -0.4 is 0 Å². The Kier molecular flexibility index (Phi) is 3.05. The molecule has 1 heterocycles. The van der Waals surface area contributed by atoms with Crippen LogP contribution in [0.25, 0.3) is 11.3 Å². The highest BCUT2D eigenvalue weighted by molar-refractivity contribution is 9.10. The van der Waals surface area contributed by atoms with E-state index in [9.17, 15) is 4.79 Å².